The summed E-state index contributed by atoms with van der Waals surface area (Å²) in [6.45, 7) is 0.763. The Morgan fingerprint density at radius 2 is 1.69 bits per heavy atom. The third kappa shape index (κ3) is 8.24. The van der Waals surface area contributed by atoms with Crippen molar-refractivity contribution in [2.75, 3.05) is 32.6 Å². The van der Waals surface area contributed by atoms with Crippen LogP contribution in [0.25, 0.3) is 0 Å². The molecule has 2 atom stereocenters. The van der Waals surface area contributed by atoms with Gasteiger partial charge in [-0.1, -0.05) is 70.5 Å². The van der Waals surface area contributed by atoms with Gasteiger partial charge in [0.15, 0.2) is 21.5 Å². The van der Waals surface area contributed by atoms with E-state index in [9.17, 15) is 13.2 Å². The highest BCUT2D eigenvalue weighted by Gasteiger charge is 2.54. The van der Waals surface area contributed by atoms with Crippen molar-refractivity contribution in [3.8, 4) is 11.5 Å². The van der Waals surface area contributed by atoms with Crippen LogP contribution in [0.5, 0.6) is 11.5 Å². The molecule has 0 aromatic heterocycles. The Morgan fingerprint density at radius 3 is 2.42 bits per heavy atom. The number of sulfone groups is 1. The van der Waals surface area contributed by atoms with Crippen LogP contribution in [0.15, 0.2) is 117 Å². The van der Waals surface area contributed by atoms with Crippen molar-refractivity contribution in [2.45, 2.75) is 35.8 Å². The molecule has 10 nitrogen and oxygen atoms in total. The van der Waals surface area contributed by atoms with Gasteiger partial charge in [-0.3, -0.25) is 10.2 Å². The molecule has 3 N–H and O–H groups in total. The first kappa shape index (κ1) is 35.1. The smallest absolute Gasteiger partial charge is 0.266 e. The van der Waals surface area contributed by atoms with E-state index in [2.05, 4.69) is 26.8 Å². The van der Waals surface area contributed by atoms with Crippen molar-refractivity contribution >= 4 is 37.6 Å². The maximum absolute atomic E-state index is 14.4. The topological polar surface area (TPSA) is 136 Å². The minimum atomic E-state index is -3.79. The molecule has 4 aromatic carbocycles. The van der Waals surface area contributed by atoms with Gasteiger partial charge in [0, 0.05) is 41.6 Å². The van der Waals surface area contributed by atoms with Crippen LogP contribution < -0.4 is 20.3 Å². The summed E-state index contributed by atoms with van der Waals surface area (Å²) >= 11 is 3.61. The van der Waals surface area contributed by atoms with E-state index in [1.54, 1.807) is 49.6 Å². The van der Waals surface area contributed by atoms with Gasteiger partial charge in [-0.05, 0) is 60.5 Å². The Morgan fingerprint density at radius 1 is 0.979 bits per heavy atom. The Bertz CT molecular complexity index is 1820. The molecule has 48 heavy (non-hydrogen) atoms. The predicted molar refractivity (Wildman–Crippen MR) is 187 cm³/mol. The number of hydrazine groups is 1. The van der Waals surface area contributed by atoms with Crippen molar-refractivity contribution in [3.63, 3.8) is 0 Å². The van der Waals surface area contributed by atoms with Gasteiger partial charge in [-0.2, -0.15) is 0 Å². The summed E-state index contributed by atoms with van der Waals surface area (Å²) in [5.41, 5.74) is 6.34. The summed E-state index contributed by atoms with van der Waals surface area (Å²) in [5.74, 6) is 0.643. The molecule has 0 spiro atoms. The highest BCUT2D eigenvalue weighted by atomic mass is 79.9. The van der Waals surface area contributed by atoms with E-state index in [-0.39, 0.29) is 29.6 Å². The number of carbonyl (C=O) groups is 1. The third-order valence-corrected chi connectivity index (χ3v) is 10.4. The number of hydrogen-bond acceptors (Lipinski definition) is 9. The van der Waals surface area contributed by atoms with Crippen molar-refractivity contribution < 1.29 is 32.5 Å². The van der Waals surface area contributed by atoms with Crippen LogP contribution in [0.2, 0.25) is 0 Å². The van der Waals surface area contributed by atoms with Gasteiger partial charge >= 0.3 is 0 Å². The SMILES string of the molecule is COc1ccccc1CCNNC(=O)[C@@]1(CCS(=O)(=O)c2ccccc2)N=C(c2ccc(OCCCO)cc2)O[C@H]1c1ccccc1Br. The lowest BCUT2D eigenvalue weighted by Crippen LogP contribution is -2.53. The van der Waals surface area contributed by atoms with Gasteiger partial charge < -0.3 is 19.3 Å². The predicted octanol–water partition coefficient (Wildman–Crippen LogP) is 5.20. The fraction of sp³-hybridized carbons (Fsp3) is 0.278. The zero-order chi connectivity index (χ0) is 34.0. The van der Waals surface area contributed by atoms with Crippen LogP contribution in [0.3, 0.4) is 0 Å². The molecule has 1 amide bonds. The van der Waals surface area contributed by atoms with Gasteiger partial charge in [0.05, 0.1) is 24.4 Å². The summed E-state index contributed by atoms with van der Waals surface area (Å²) in [7, 11) is -2.18. The standard InChI is InChI=1S/C36H38BrN3O7S/c1-45-32-15-8-5-10-26(32)20-22-38-40-35(42)36(21-25-48(43,44)29-11-3-2-4-12-29)33(30-13-6-7-14-31(30)37)47-34(39-36)27-16-18-28(19-17-27)46-24-9-23-41/h2-8,10-19,33,38,41H,9,20-25H2,1H3,(H,40,42)/t33-,36-/m0/s1. The lowest BCUT2D eigenvalue weighted by molar-refractivity contribution is -0.130. The number of aliphatic hydroxyl groups is 1. The summed E-state index contributed by atoms with van der Waals surface area (Å²) in [6, 6.07) is 30.2. The van der Waals surface area contributed by atoms with Crippen LogP contribution >= 0.6 is 15.9 Å². The van der Waals surface area contributed by atoms with Gasteiger partial charge in [-0.25, -0.2) is 18.8 Å². The Balaban J connectivity index is 1.49. The van der Waals surface area contributed by atoms with Crippen molar-refractivity contribution in [1.29, 1.82) is 0 Å². The number of rotatable bonds is 16. The second-order valence-electron chi connectivity index (χ2n) is 11.1. The second kappa shape index (κ2) is 16.2. The number of nitrogens with zero attached hydrogens (tertiary/aromatic N) is 1. The molecule has 0 fully saturated rings. The normalized spacial score (nSPS) is 17.3. The second-order valence-corrected chi connectivity index (χ2v) is 14.1. The number of methoxy groups -OCH3 is 1. The largest absolute Gasteiger partial charge is 0.496 e. The van der Waals surface area contributed by atoms with E-state index in [1.807, 2.05) is 48.5 Å². The summed E-state index contributed by atoms with van der Waals surface area (Å²) in [6.07, 6.45) is -0.0694. The summed E-state index contributed by atoms with van der Waals surface area (Å²) in [4.78, 5) is 19.5. The molecule has 252 valence electrons. The molecule has 1 heterocycles. The molecule has 0 saturated heterocycles. The first-order valence-electron chi connectivity index (χ1n) is 15.6. The molecule has 0 bridgehead atoms. The van der Waals surface area contributed by atoms with Crippen LogP contribution in [0.1, 0.15) is 35.6 Å². The average Bonchev–Trinajstić information content (AvgIpc) is 3.51. The number of para-hydroxylation sites is 1. The zero-order valence-electron chi connectivity index (χ0n) is 26.5. The van der Waals surface area contributed by atoms with Crippen LogP contribution in [-0.4, -0.2) is 63.5 Å². The van der Waals surface area contributed by atoms with Crippen LogP contribution in [0, 0.1) is 0 Å². The average molecular weight is 737 g/mol. The van der Waals surface area contributed by atoms with Gasteiger partial charge in [0.25, 0.3) is 5.91 Å². The van der Waals surface area contributed by atoms with E-state index in [0.29, 0.717) is 47.3 Å². The molecule has 1 aliphatic heterocycles. The number of aliphatic hydroxyl groups excluding tert-OH is 1. The van der Waals surface area contributed by atoms with Crippen LogP contribution in [0.4, 0.5) is 0 Å². The van der Waals surface area contributed by atoms with Gasteiger partial charge in [0.1, 0.15) is 11.5 Å². The quantitative estimate of drug-likeness (QED) is 0.106. The van der Waals surface area contributed by atoms with Crippen molar-refractivity contribution in [1.82, 2.24) is 10.9 Å². The lowest BCUT2D eigenvalue weighted by Gasteiger charge is -2.31. The maximum Gasteiger partial charge on any atom is 0.266 e. The highest BCUT2D eigenvalue weighted by Crippen LogP contribution is 2.45. The zero-order valence-corrected chi connectivity index (χ0v) is 28.9. The fourth-order valence-electron chi connectivity index (χ4n) is 5.43. The molecule has 4 aromatic rings. The monoisotopic (exact) mass is 735 g/mol. The Hall–Kier alpha value is -4.23. The van der Waals surface area contributed by atoms with E-state index >= 15 is 0 Å². The fourth-order valence-corrected chi connectivity index (χ4v) is 7.31. The molecular weight excluding hydrogens is 698 g/mol. The number of benzene rings is 4. The number of carbonyl (C=O) groups excluding carboxylic acids is 1. The van der Waals surface area contributed by atoms with E-state index < -0.39 is 27.4 Å². The Labute approximate surface area is 289 Å². The molecule has 0 aliphatic carbocycles. The molecule has 0 unspecified atom stereocenters. The van der Waals surface area contributed by atoms with Crippen LogP contribution in [-0.2, 0) is 25.8 Å². The first-order chi connectivity index (χ1) is 23.3. The molecule has 5 rings (SSSR count). The number of halogens is 1. The Kier molecular flexibility index (Phi) is 11.9. The van der Waals surface area contributed by atoms with Crippen molar-refractivity contribution in [3.05, 3.63) is 124 Å². The number of ether oxygens (including phenoxy) is 3. The van der Waals surface area contributed by atoms with E-state index in [1.165, 1.54) is 12.1 Å². The number of nitrogens with one attached hydrogen (secondary N) is 2. The maximum atomic E-state index is 14.4. The number of amides is 1. The van der Waals surface area contributed by atoms with E-state index in [0.717, 1.165) is 11.3 Å². The van der Waals surface area contributed by atoms with E-state index in [4.69, 9.17) is 24.3 Å². The number of hydrogen-bond donors (Lipinski definition) is 3. The summed E-state index contributed by atoms with van der Waals surface area (Å²) in [5, 5.41) is 9.07. The minimum absolute atomic E-state index is 0.0264. The third-order valence-electron chi connectivity index (χ3n) is 7.99. The summed E-state index contributed by atoms with van der Waals surface area (Å²) < 4.78 is 45.4. The highest BCUT2D eigenvalue weighted by molar-refractivity contribution is 9.10. The number of aliphatic imine (C=N–C) groups is 1. The molecule has 1 aliphatic rings. The molecule has 12 heteroatoms. The van der Waals surface area contributed by atoms with Gasteiger partial charge in [0.2, 0.25) is 5.90 Å². The molecule has 0 radical (unpaired) electrons. The lowest BCUT2D eigenvalue weighted by atomic mass is 9.85. The molecule has 0 saturated carbocycles. The molecular formula is C36H38BrN3O7S. The van der Waals surface area contributed by atoms with Crippen molar-refractivity contribution in [2.24, 2.45) is 4.99 Å². The minimum Gasteiger partial charge on any atom is -0.496 e. The van der Waals surface area contributed by atoms with Gasteiger partial charge in [-0.15, -0.1) is 0 Å². The first-order valence-corrected chi connectivity index (χ1v) is 18.0.